The Morgan fingerprint density at radius 2 is 2.18 bits per heavy atom. The highest BCUT2D eigenvalue weighted by Crippen LogP contribution is 2.32. The fourth-order valence-corrected chi connectivity index (χ4v) is 1.97. The maximum absolute atomic E-state index is 12.1. The van der Waals surface area contributed by atoms with E-state index in [0.717, 1.165) is 24.1 Å². The standard InChI is InChI=1S/C14H20N2O/c1-10(2)16(14(17)12-6-7-12)9-11-4-3-5-13(15)8-11/h3-5,8,10,12H,6-7,9,15H2,1-2H3. The minimum Gasteiger partial charge on any atom is -0.399 e. The molecule has 1 aliphatic rings. The molecule has 17 heavy (non-hydrogen) atoms. The Morgan fingerprint density at radius 3 is 2.71 bits per heavy atom. The van der Waals surface area contributed by atoms with Gasteiger partial charge in [0.15, 0.2) is 0 Å². The summed E-state index contributed by atoms with van der Waals surface area (Å²) in [6.45, 7) is 4.79. The van der Waals surface area contributed by atoms with Gasteiger partial charge in [-0.05, 0) is 44.4 Å². The lowest BCUT2D eigenvalue weighted by Crippen LogP contribution is -2.37. The Hall–Kier alpha value is -1.51. The van der Waals surface area contributed by atoms with Gasteiger partial charge in [0, 0.05) is 24.2 Å². The molecular formula is C14H20N2O. The predicted octanol–water partition coefficient (Wildman–Crippen LogP) is 2.42. The molecule has 2 rings (SSSR count). The fourth-order valence-electron chi connectivity index (χ4n) is 1.97. The lowest BCUT2D eigenvalue weighted by Gasteiger charge is -2.27. The fraction of sp³-hybridized carbons (Fsp3) is 0.500. The summed E-state index contributed by atoms with van der Waals surface area (Å²) in [6.07, 6.45) is 2.11. The molecule has 1 fully saturated rings. The van der Waals surface area contributed by atoms with Crippen LogP contribution in [0.1, 0.15) is 32.3 Å². The number of benzene rings is 1. The molecule has 0 aliphatic heterocycles. The predicted molar refractivity (Wildman–Crippen MR) is 69.3 cm³/mol. The van der Waals surface area contributed by atoms with Crippen molar-refractivity contribution in [2.24, 2.45) is 5.92 Å². The van der Waals surface area contributed by atoms with E-state index in [0.29, 0.717) is 12.5 Å². The Kier molecular flexibility index (Phi) is 3.36. The van der Waals surface area contributed by atoms with Crippen LogP contribution in [0.25, 0.3) is 0 Å². The first-order valence-electron chi connectivity index (χ1n) is 6.23. The van der Waals surface area contributed by atoms with Crippen molar-refractivity contribution >= 4 is 11.6 Å². The summed E-state index contributed by atoms with van der Waals surface area (Å²) in [5, 5.41) is 0. The molecule has 0 heterocycles. The third-order valence-corrected chi connectivity index (χ3v) is 3.14. The zero-order chi connectivity index (χ0) is 12.4. The number of hydrogen-bond donors (Lipinski definition) is 1. The van der Waals surface area contributed by atoms with Crippen molar-refractivity contribution in [3.8, 4) is 0 Å². The highest BCUT2D eigenvalue weighted by molar-refractivity contribution is 5.81. The van der Waals surface area contributed by atoms with Crippen LogP contribution in [0.3, 0.4) is 0 Å². The van der Waals surface area contributed by atoms with Crippen molar-refractivity contribution in [1.29, 1.82) is 0 Å². The first-order valence-corrected chi connectivity index (χ1v) is 6.23. The second-order valence-corrected chi connectivity index (χ2v) is 5.08. The van der Waals surface area contributed by atoms with Crippen LogP contribution in [0.5, 0.6) is 0 Å². The molecule has 1 aromatic carbocycles. The van der Waals surface area contributed by atoms with Gasteiger partial charge in [0.25, 0.3) is 0 Å². The second-order valence-electron chi connectivity index (χ2n) is 5.08. The van der Waals surface area contributed by atoms with Gasteiger partial charge in [0.1, 0.15) is 0 Å². The van der Waals surface area contributed by atoms with Crippen LogP contribution in [-0.2, 0) is 11.3 Å². The average molecular weight is 232 g/mol. The number of amides is 1. The van der Waals surface area contributed by atoms with Crippen LogP contribution in [0.2, 0.25) is 0 Å². The maximum Gasteiger partial charge on any atom is 0.226 e. The molecule has 0 atom stereocenters. The molecular weight excluding hydrogens is 212 g/mol. The summed E-state index contributed by atoms with van der Waals surface area (Å²) in [6, 6.07) is 8.00. The maximum atomic E-state index is 12.1. The number of nitrogen functional groups attached to an aromatic ring is 1. The van der Waals surface area contributed by atoms with Gasteiger partial charge >= 0.3 is 0 Å². The number of anilines is 1. The smallest absolute Gasteiger partial charge is 0.226 e. The van der Waals surface area contributed by atoms with Crippen molar-refractivity contribution < 1.29 is 4.79 Å². The first-order chi connectivity index (χ1) is 8.08. The second kappa shape index (κ2) is 4.78. The number of hydrogen-bond acceptors (Lipinski definition) is 2. The molecule has 1 aliphatic carbocycles. The number of carbonyl (C=O) groups is 1. The van der Waals surface area contributed by atoms with Crippen LogP contribution in [0, 0.1) is 5.92 Å². The summed E-state index contributed by atoms with van der Waals surface area (Å²) in [5.41, 5.74) is 7.61. The van der Waals surface area contributed by atoms with Crippen molar-refractivity contribution in [3.63, 3.8) is 0 Å². The van der Waals surface area contributed by atoms with E-state index in [-0.39, 0.29) is 12.0 Å². The molecule has 1 saturated carbocycles. The van der Waals surface area contributed by atoms with Gasteiger partial charge in [0.2, 0.25) is 5.91 Å². The van der Waals surface area contributed by atoms with Crippen LogP contribution in [-0.4, -0.2) is 16.8 Å². The van der Waals surface area contributed by atoms with Crippen LogP contribution in [0.15, 0.2) is 24.3 Å². The van der Waals surface area contributed by atoms with Crippen LogP contribution < -0.4 is 5.73 Å². The summed E-state index contributed by atoms with van der Waals surface area (Å²) in [7, 11) is 0. The molecule has 1 amide bonds. The van der Waals surface area contributed by atoms with Crippen molar-refractivity contribution in [3.05, 3.63) is 29.8 Å². The van der Waals surface area contributed by atoms with Crippen molar-refractivity contribution in [2.45, 2.75) is 39.3 Å². The third-order valence-electron chi connectivity index (χ3n) is 3.14. The highest BCUT2D eigenvalue weighted by Gasteiger charge is 2.34. The third kappa shape index (κ3) is 2.99. The average Bonchev–Trinajstić information content (AvgIpc) is 3.08. The SMILES string of the molecule is CC(C)N(Cc1cccc(N)c1)C(=O)C1CC1. The van der Waals surface area contributed by atoms with Crippen LogP contribution >= 0.6 is 0 Å². The lowest BCUT2D eigenvalue weighted by atomic mass is 10.1. The van der Waals surface area contributed by atoms with E-state index in [9.17, 15) is 4.79 Å². The Labute approximate surface area is 103 Å². The molecule has 0 radical (unpaired) electrons. The number of nitrogens with zero attached hydrogens (tertiary/aromatic N) is 1. The Balaban J connectivity index is 2.09. The summed E-state index contributed by atoms with van der Waals surface area (Å²) in [5.74, 6) is 0.570. The summed E-state index contributed by atoms with van der Waals surface area (Å²) < 4.78 is 0. The van der Waals surface area contributed by atoms with Gasteiger partial charge in [0.05, 0.1) is 0 Å². The number of rotatable bonds is 4. The van der Waals surface area contributed by atoms with E-state index < -0.39 is 0 Å². The normalized spacial score (nSPS) is 15.0. The highest BCUT2D eigenvalue weighted by atomic mass is 16.2. The van der Waals surface area contributed by atoms with Crippen molar-refractivity contribution in [2.75, 3.05) is 5.73 Å². The molecule has 0 spiro atoms. The monoisotopic (exact) mass is 232 g/mol. The molecule has 3 heteroatoms. The van der Waals surface area contributed by atoms with Gasteiger partial charge < -0.3 is 10.6 Å². The van der Waals surface area contributed by atoms with Gasteiger partial charge in [-0.25, -0.2) is 0 Å². The first kappa shape index (κ1) is 12.0. The van der Waals surface area contributed by atoms with E-state index in [1.165, 1.54) is 0 Å². The van der Waals surface area contributed by atoms with Gasteiger partial charge in [-0.3, -0.25) is 4.79 Å². The molecule has 0 bridgehead atoms. The van der Waals surface area contributed by atoms with Gasteiger partial charge in [-0.15, -0.1) is 0 Å². The molecule has 2 N–H and O–H groups in total. The van der Waals surface area contributed by atoms with Crippen molar-refractivity contribution in [1.82, 2.24) is 4.90 Å². The largest absolute Gasteiger partial charge is 0.399 e. The van der Waals surface area contributed by atoms with E-state index in [1.54, 1.807) is 0 Å². The molecule has 1 aromatic rings. The molecule has 0 saturated heterocycles. The van der Waals surface area contributed by atoms with Gasteiger partial charge in [-0.1, -0.05) is 12.1 Å². The molecule has 0 aromatic heterocycles. The molecule has 92 valence electrons. The zero-order valence-corrected chi connectivity index (χ0v) is 10.5. The summed E-state index contributed by atoms with van der Waals surface area (Å²) >= 11 is 0. The molecule has 0 unspecified atom stereocenters. The zero-order valence-electron chi connectivity index (χ0n) is 10.5. The van der Waals surface area contributed by atoms with E-state index in [2.05, 4.69) is 13.8 Å². The minimum atomic E-state index is 0.240. The summed E-state index contributed by atoms with van der Waals surface area (Å²) in [4.78, 5) is 14.1. The lowest BCUT2D eigenvalue weighted by molar-refractivity contribution is -0.134. The van der Waals surface area contributed by atoms with Crippen LogP contribution in [0.4, 0.5) is 5.69 Å². The number of nitrogens with two attached hydrogens (primary N) is 1. The van der Waals surface area contributed by atoms with E-state index >= 15 is 0 Å². The molecule has 3 nitrogen and oxygen atoms in total. The van der Waals surface area contributed by atoms with E-state index in [1.807, 2.05) is 29.2 Å². The quantitative estimate of drug-likeness (QED) is 0.810. The number of carbonyl (C=O) groups excluding carboxylic acids is 1. The Morgan fingerprint density at radius 1 is 1.47 bits per heavy atom. The minimum absolute atomic E-state index is 0.240. The van der Waals surface area contributed by atoms with Gasteiger partial charge in [-0.2, -0.15) is 0 Å². The van der Waals surface area contributed by atoms with E-state index in [4.69, 9.17) is 5.73 Å². The Bertz CT molecular complexity index is 410. The topological polar surface area (TPSA) is 46.3 Å².